The van der Waals surface area contributed by atoms with E-state index >= 15 is 0 Å². The molecule has 10 nitrogen and oxygen atoms in total. The van der Waals surface area contributed by atoms with E-state index in [1.165, 1.54) is 27.6 Å². The molecule has 1 unspecified atom stereocenters. The lowest BCUT2D eigenvalue weighted by Gasteiger charge is -2.32. The first-order valence-corrected chi connectivity index (χ1v) is 18.3. The van der Waals surface area contributed by atoms with E-state index in [9.17, 15) is 14.4 Å². The topological polar surface area (TPSA) is 112 Å². The number of aromatic nitrogens is 2. The molecule has 272 valence electrons. The highest BCUT2D eigenvalue weighted by atomic mass is 35.5. The van der Waals surface area contributed by atoms with Crippen LogP contribution in [0.5, 0.6) is 5.75 Å². The van der Waals surface area contributed by atoms with Crippen LogP contribution in [0.4, 0.5) is 22.0 Å². The zero-order valence-corrected chi connectivity index (χ0v) is 32.3. The van der Waals surface area contributed by atoms with Gasteiger partial charge in [0, 0.05) is 23.7 Å². The third kappa shape index (κ3) is 7.73. The van der Waals surface area contributed by atoms with Crippen LogP contribution in [0.1, 0.15) is 78.9 Å². The van der Waals surface area contributed by atoms with E-state index in [0.717, 1.165) is 23.1 Å². The second-order valence-electron chi connectivity index (χ2n) is 13.9. The Balaban J connectivity index is 1.61. The van der Waals surface area contributed by atoms with Crippen molar-refractivity contribution in [2.75, 3.05) is 23.0 Å². The van der Waals surface area contributed by atoms with Crippen molar-refractivity contribution in [3.8, 4) is 11.4 Å². The van der Waals surface area contributed by atoms with Crippen molar-refractivity contribution in [3.05, 3.63) is 97.2 Å². The number of urea groups is 1. The molecular formula is C38H45Cl3N6O4. The van der Waals surface area contributed by atoms with E-state index in [1.807, 2.05) is 19.1 Å². The lowest BCUT2D eigenvalue weighted by Crippen LogP contribution is -2.47. The molecule has 0 aliphatic carbocycles. The molecule has 1 atom stereocenters. The van der Waals surface area contributed by atoms with Crippen LogP contribution in [-0.4, -0.2) is 40.9 Å². The summed E-state index contributed by atoms with van der Waals surface area (Å²) in [6.07, 6.45) is 1.26. The molecule has 1 aliphatic rings. The maximum Gasteiger partial charge on any atom is 0.322 e. The monoisotopic (exact) mass is 754 g/mol. The van der Waals surface area contributed by atoms with Crippen molar-refractivity contribution in [1.82, 2.24) is 20.5 Å². The molecule has 0 spiro atoms. The maximum atomic E-state index is 14.3. The number of anilines is 3. The Bertz CT molecular complexity index is 1950. The summed E-state index contributed by atoms with van der Waals surface area (Å²) in [4.78, 5) is 42.9. The van der Waals surface area contributed by atoms with E-state index in [0.29, 0.717) is 24.4 Å². The molecule has 3 aromatic carbocycles. The van der Waals surface area contributed by atoms with Crippen molar-refractivity contribution in [3.63, 3.8) is 0 Å². The number of benzene rings is 3. The highest BCUT2D eigenvalue weighted by molar-refractivity contribution is 6.40. The molecule has 3 N–H and O–H groups in total. The van der Waals surface area contributed by atoms with Gasteiger partial charge in [0.2, 0.25) is 0 Å². The number of carbonyl (C=O) groups is 2. The molecule has 2 heterocycles. The van der Waals surface area contributed by atoms with Gasteiger partial charge in [-0.3, -0.25) is 25.0 Å². The average Bonchev–Trinajstić information content (AvgIpc) is 3.67. The molecule has 1 fully saturated rings. The molecule has 13 heteroatoms. The van der Waals surface area contributed by atoms with Crippen LogP contribution < -0.4 is 30.9 Å². The summed E-state index contributed by atoms with van der Waals surface area (Å²) in [5.41, 5.74) is 4.95. The number of rotatable bonds is 13. The number of nitrogens with one attached hydrogen (secondary N) is 3. The van der Waals surface area contributed by atoms with Gasteiger partial charge in [-0.1, -0.05) is 114 Å². The van der Waals surface area contributed by atoms with Crippen molar-refractivity contribution < 1.29 is 14.3 Å². The Hall–Kier alpha value is -4.12. The largest absolute Gasteiger partial charge is 0.480 e. The van der Waals surface area contributed by atoms with Crippen LogP contribution in [0.15, 0.2) is 65.5 Å². The Labute approximate surface area is 314 Å². The lowest BCUT2D eigenvalue weighted by molar-refractivity contribution is -0.128. The summed E-state index contributed by atoms with van der Waals surface area (Å²) in [6, 6.07) is 17.7. The van der Waals surface area contributed by atoms with Crippen molar-refractivity contribution in [2.45, 2.75) is 84.7 Å². The van der Waals surface area contributed by atoms with Gasteiger partial charge in [-0.2, -0.15) is 0 Å². The van der Waals surface area contributed by atoms with Crippen LogP contribution in [0, 0.1) is 0 Å². The molecule has 51 heavy (non-hydrogen) atoms. The highest BCUT2D eigenvalue weighted by Gasteiger charge is 2.35. The summed E-state index contributed by atoms with van der Waals surface area (Å²) in [6.45, 7) is 15.5. The summed E-state index contributed by atoms with van der Waals surface area (Å²) >= 11 is 19.3. The fourth-order valence-corrected chi connectivity index (χ4v) is 6.85. The SMILES string of the molecule is CCC(Oc1ccc(C(C)(C)CC)cc1C(C)(C)CC)C(=O)NN(c1ccccc1)c1[nH]n(-c2c(Cl)cc(Cl)cc2Cl)c(=O)c1N1CCNC1=O. The summed E-state index contributed by atoms with van der Waals surface area (Å²) < 4.78 is 7.71. The minimum Gasteiger partial charge on any atom is -0.480 e. The van der Waals surface area contributed by atoms with Crippen LogP contribution in [-0.2, 0) is 15.6 Å². The second-order valence-corrected chi connectivity index (χ2v) is 15.1. The van der Waals surface area contributed by atoms with E-state index in [2.05, 4.69) is 69.5 Å². The van der Waals surface area contributed by atoms with Gasteiger partial charge in [-0.25, -0.2) is 14.5 Å². The van der Waals surface area contributed by atoms with Gasteiger partial charge in [0.1, 0.15) is 11.4 Å². The molecule has 1 aliphatic heterocycles. The number of hydrazine groups is 1. The zero-order chi connectivity index (χ0) is 37.2. The maximum absolute atomic E-state index is 14.3. The van der Waals surface area contributed by atoms with E-state index < -0.39 is 23.6 Å². The minimum absolute atomic E-state index is 0.0219. The average molecular weight is 756 g/mol. The molecule has 5 rings (SSSR count). The molecule has 0 radical (unpaired) electrons. The molecule has 3 amide bonds. The Morgan fingerprint density at radius 3 is 2.14 bits per heavy atom. The smallest absolute Gasteiger partial charge is 0.322 e. The summed E-state index contributed by atoms with van der Waals surface area (Å²) in [7, 11) is 0. The zero-order valence-electron chi connectivity index (χ0n) is 30.0. The van der Waals surface area contributed by atoms with Crippen LogP contribution in [0.3, 0.4) is 0 Å². The first-order chi connectivity index (χ1) is 24.1. The van der Waals surface area contributed by atoms with Crippen molar-refractivity contribution in [1.29, 1.82) is 0 Å². The van der Waals surface area contributed by atoms with Gasteiger partial charge in [0.15, 0.2) is 17.6 Å². The van der Waals surface area contributed by atoms with Gasteiger partial charge >= 0.3 is 6.03 Å². The van der Waals surface area contributed by atoms with Gasteiger partial charge in [0.25, 0.3) is 11.5 Å². The number of aromatic amines is 1. The van der Waals surface area contributed by atoms with Crippen molar-refractivity contribution >= 4 is 63.9 Å². The van der Waals surface area contributed by atoms with Gasteiger partial charge < -0.3 is 10.1 Å². The van der Waals surface area contributed by atoms with Gasteiger partial charge in [-0.15, -0.1) is 0 Å². The molecule has 0 bridgehead atoms. The third-order valence-corrected chi connectivity index (χ3v) is 10.6. The first kappa shape index (κ1) is 38.1. The first-order valence-electron chi connectivity index (χ1n) is 17.2. The molecular weight excluding hydrogens is 711 g/mol. The normalized spacial score (nSPS) is 14.0. The highest BCUT2D eigenvalue weighted by Crippen LogP contribution is 2.40. The quantitative estimate of drug-likeness (QED) is 0.118. The number of nitrogens with zero attached hydrogens (tertiary/aromatic N) is 3. The minimum atomic E-state index is -0.917. The van der Waals surface area contributed by atoms with E-state index in [-0.39, 0.29) is 49.6 Å². The Morgan fingerprint density at radius 1 is 0.922 bits per heavy atom. The predicted octanol–water partition coefficient (Wildman–Crippen LogP) is 9.06. The number of ether oxygens (including phenoxy) is 1. The van der Waals surface area contributed by atoms with Crippen molar-refractivity contribution in [2.24, 2.45) is 0 Å². The lowest BCUT2D eigenvalue weighted by atomic mass is 9.76. The van der Waals surface area contributed by atoms with Crippen LogP contribution >= 0.6 is 34.8 Å². The van der Waals surface area contributed by atoms with E-state index in [4.69, 9.17) is 39.5 Å². The molecule has 4 aromatic rings. The Kier molecular flexibility index (Phi) is 11.4. The third-order valence-electron chi connectivity index (χ3n) is 9.83. The summed E-state index contributed by atoms with van der Waals surface area (Å²) in [5.74, 6) is 0.270. The van der Waals surface area contributed by atoms with Crippen LogP contribution in [0.2, 0.25) is 15.1 Å². The number of hydrogen-bond acceptors (Lipinski definition) is 5. The number of H-pyrrole nitrogens is 1. The second kappa shape index (κ2) is 15.2. The van der Waals surface area contributed by atoms with Crippen LogP contribution in [0.25, 0.3) is 5.69 Å². The molecule has 1 aromatic heterocycles. The van der Waals surface area contributed by atoms with Gasteiger partial charge in [-0.05, 0) is 66.0 Å². The number of hydrogen-bond donors (Lipinski definition) is 3. The summed E-state index contributed by atoms with van der Waals surface area (Å²) in [5, 5.41) is 7.76. The van der Waals surface area contributed by atoms with Gasteiger partial charge in [0.05, 0.1) is 15.7 Å². The Morgan fingerprint density at radius 2 is 1.57 bits per heavy atom. The number of amides is 3. The number of para-hydroxylation sites is 1. The number of halogens is 3. The molecule has 1 saturated heterocycles. The predicted molar refractivity (Wildman–Crippen MR) is 207 cm³/mol. The standard InChI is InChI=1S/C38H45Cl3N6O4/c1-8-29(51-30-17-16-23(37(4,5)9-2)20-26(30)38(6,7)10-3)34(48)44-46(25-14-12-11-13-15-25)33-32(45-19-18-42-36(45)50)35(49)47(43-33)31-27(40)21-24(39)22-28(31)41/h11-17,20-22,29,43H,8-10,18-19H2,1-7H3,(H,42,50)(H,44,48). The number of carbonyl (C=O) groups excluding carboxylic acids is 2. The van der Waals surface area contributed by atoms with E-state index in [1.54, 1.807) is 24.3 Å². The molecule has 0 saturated carbocycles. The fraction of sp³-hybridized carbons (Fsp3) is 0.395. The fourth-order valence-electron chi connectivity index (χ4n) is 5.87.